The van der Waals surface area contributed by atoms with Crippen LogP contribution in [0, 0.1) is 6.92 Å². The summed E-state index contributed by atoms with van der Waals surface area (Å²) in [6.07, 6.45) is 8.06. The van der Waals surface area contributed by atoms with E-state index in [1.54, 1.807) is 0 Å². The summed E-state index contributed by atoms with van der Waals surface area (Å²) in [5.74, 6) is -0.777. The standard InChI is InChI=1S/C17H17NO2.ClH/c1-14-2-4-15(5-3-14)6-7-16-8-11-18(12-9-16)13-10-17(19)20;/h2-9,11-12H,10,13H2,1H3;1H/b7-6-;. The summed E-state index contributed by atoms with van der Waals surface area (Å²) in [5.41, 5.74) is 3.51. The number of pyridine rings is 1. The average molecular weight is 304 g/mol. The second-order valence-corrected chi connectivity index (χ2v) is 4.76. The van der Waals surface area contributed by atoms with E-state index >= 15 is 0 Å². The number of hydrogen-bond acceptors (Lipinski definition) is 1. The Labute approximate surface area is 131 Å². The summed E-state index contributed by atoms with van der Waals surface area (Å²) >= 11 is 0. The molecule has 0 aliphatic rings. The van der Waals surface area contributed by atoms with E-state index in [4.69, 9.17) is 5.11 Å². The first-order valence-corrected chi connectivity index (χ1v) is 6.59. The number of carbonyl (C=O) groups is 1. The van der Waals surface area contributed by atoms with Crippen LogP contribution in [-0.4, -0.2) is 11.1 Å². The van der Waals surface area contributed by atoms with Crippen molar-refractivity contribution in [2.75, 3.05) is 0 Å². The van der Waals surface area contributed by atoms with Gasteiger partial charge in [-0.05, 0) is 18.1 Å². The third-order valence-electron chi connectivity index (χ3n) is 3.05. The van der Waals surface area contributed by atoms with Crippen LogP contribution in [-0.2, 0) is 11.3 Å². The lowest BCUT2D eigenvalue weighted by atomic mass is 10.1. The molecule has 1 aromatic carbocycles. The second-order valence-electron chi connectivity index (χ2n) is 4.76. The molecule has 0 bridgehead atoms. The predicted molar refractivity (Wildman–Crippen MR) is 79.0 cm³/mol. The molecule has 0 atom stereocenters. The van der Waals surface area contributed by atoms with Gasteiger partial charge in [-0.1, -0.05) is 42.0 Å². The van der Waals surface area contributed by atoms with Gasteiger partial charge in [-0.3, -0.25) is 4.79 Å². The molecule has 0 saturated heterocycles. The van der Waals surface area contributed by atoms with Crippen LogP contribution < -0.4 is 17.0 Å². The maximum absolute atomic E-state index is 10.5. The third kappa shape index (κ3) is 5.79. The Balaban J connectivity index is 0.00000220. The Kier molecular flexibility index (Phi) is 6.63. The first-order chi connectivity index (χ1) is 9.63. The maximum Gasteiger partial charge on any atom is 0.309 e. The summed E-state index contributed by atoms with van der Waals surface area (Å²) < 4.78 is 1.87. The molecule has 1 heterocycles. The summed E-state index contributed by atoms with van der Waals surface area (Å²) in [6.45, 7) is 2.57. The van der Waals surface area contributed by atoms with Crippen molar-refractivity contribution in [2.24, 2.45) is 0 Å². The van der Waals surface area contributed by atoms with E-state index in [0.29, 0.717) is 6.54 Å². The van der Waals surface area contributed by atoms with Gasteiger partial charge in [0.2, 0.25) is 0 Å². The highest BCUT2D eigenvalue weighted by molar-refractivity contribution is 5.69. The van der Waals surface area contributed by atoms with Crippen LogP contribution in [0.4, 0.5) is 0 Å². The van der Waals surface area contributed by atoms with E-state index < -0.39 is 5.97 Å². The lowest BCUT2D eigenvalue weighted by Crippen LogP contribution is -3.00. The van der Waals surface area contributed by atoms with E-state index in [2.05, 4.69) is 37.3 Å². The van der Waals surface area contributed by atoms with Crippen molar-refractivity contribution in [1.82, 2.24) is 0 Å². The molecule has 1 aromatic heterocycles. The minimum Gasteiger partial charge on any atom is -1.00 e. The molecule has 21 heavy (non-hydrogen) atoms. The second kappa shape index (κ2) is 8.22. The van der Waals surface area contributed by atoms with Gasteiger partial charge in [0.25, 0.3) is 0 Å². The molecule has 0 unspecified atom stereocenters. The number of hydrogen-bond donors (Lipinski definition) is 1. The molecule has 110 valence electrons. The summed E-state index contributed by atoms with van der Waals surface area (Å²) in [5, 5.41) is 8.63. The molecular formula is C17H18ClNO2. The van der Waals surface area contributed by atoms with Gasteiger partial charge in [0.05, 0.1) is 0 Å². The van der Waals surface area contributed by atoms with Gasteiger partial charge in [0.15, 0.2) is 18.9 Å². The van der Waals surface area contributed by atoms with Crippen LogP contribution in [0.5, 0.6) is 0 Å². The fourth-order valence-corrected chi connectivity index (χ4v) is 1.82. The molecular weight excluding hydrogens is 286 g/mol. The largest absolute Gasteiger partial charge is 1.00 e. The molecule has 2 rings (SSSR count). The number of nitrogens with zero attached hydrogens (tertiary/aromatic N) is 1. The number of rotatable bonds is 5. The van der Waals surface area contributed by atoms with Crippen molar-refractivity contribution in [3.05, 3.63) is 65.5 Å². The highest BCUT2D eigenvalue weighted by atomic mass is 35.5. The Hall–Kier alpha value is -2.13. The Bertz CT molecular complexity index is 604. The smallest absolute Gasteiger partial charge is 0.309 e. The molecule has 3 nitrogen and oxygen atoms in total. The SMILES string of the molecule is Cc1ccc(/C=C\c2cc[n+](CCC(=O)O)cc2)cc1.[Cl-]. The molecule has 0 amide bonds. The van der Waals surface area contributed by atoms with Crippen LogP contribution in [0.1, 0.15) is 23.1 Å². The molecule has 0 spiro atoms. The Morgan fingerprint density at radius 1 is 1.05 bits per heavy atom. The van der Waals surface area contributed by atoms with E-state index in [0.717, 1.165) is 5.56 Å². The zero-order valence-corrected chi connectivity index (χ0v) is 12.6. The molecule has 2 aromatic rings. The van der Waals surface area contributed by atoms with Crippen molar-refractivity contribution in [3.63, 3.8) is 0 Å². The third-order valence-corrected chi connectivity index (χ3v) is 3.05. The molecule has 1 N–H and O–H groups in total. The van der Waals surface area contributed by atoms with Crippen LogP contribution in [0.3, 0.4) is 0 Å². The number of aliphatic carboxylic acids is 1. The van der Waals surface area contributed by atoms with E-state index in [1.165, 1.54) is 11.1 Å². The number of carboxylic acid groups (broad SMARTS) is 1. The molecule has 0 aliphatic carbocycles. The van der Waals surface area contributed by atoms with Crippen molar-refractivity contribution < 1.29 is 26.9 Å². The molecule has 0 radical (unpaired) electrons. The zero-order valence-electron chi connectivity index (χ0n) is 11.9. The number of carboxylic acids is 1. The van der Waals surface area contributed by atoms with Crippen molar-refractivity contribution in [1.29, 1.82) is 0 Å². The van der Waals surface area contributed by atoms with E-state index in [1.807, 2.05) is 35.2 Å². The monoisotopic (exact) mass is 303 g/mol. The highest BCUT2D eigenvalue weighted by Crippen LogP contribution is 2.08. The van der Waals surface area contributed by atoms with Crippen molar-refractivity contribution in [2.45, 2.75) is 19.9 Å². The number of benzene rings is 1. The quantitative estimate of drug-likeness (QED) is 0.786. The first-order valence-electron chi connectivity index (χ1n) is 6.59. The van der Waals surface area contributed by atoms with Gasteiger partial charge in [0.1, 0.15) is 6.42 Å². The lowest BCUT2D eigenvalue weighted by molar-refractivity contribution is -0.696. The normalized spacial score (nSPS) is 10.3. The average Bonchev–Trinajstić information content (AvgIpc) is 2.45. The van der Waals surface area contributed by atoms with Crippen LogP contribution in [0.15, 0.2) is 48.8 Å². The fourth-order valence-electron chi connectivity index (χ4n) is 1.82. The zero-order chi connectivity index (χ0) is 14.4. The summed E-state index contributed by atoms with van der Waals surface area (Å²) in [4.78, 5) is 10.5. The lowest BCUT2D eigenvalue weighted by Gasteiger charge is -1.96. The van der Waals surface area contributed by atoms with Gasteiger partial charge < -0.3 is 17.5 Å². The van der Waals surface area contributed by atoms with Crippen molar-refractivity contribution >= 4 is 18.1 Å². The Morgan fingerprint density at radius 3 is 2.10 bits per heavy atom. The van der Waals surface area contributed by atoms with Gasteiger partial charge in [0, 0.05) is 12.1 Å². The number of halogens is 1. The summed E-state index contributed by atoms with van der Waals surface area (Å²) in [6, 6.07) is 12.3. The molecule has 4 heteroatoms. The first kappa shape index (κ1) is 16.9. The molecule has 0 saturated carbocycles. The number of aryl methyl sites for hydroxylation is 2. The highest BCUT2D eigenvalue weighted by Gasteiger charge is 2.03. The van der Waals surface area contributed by atoms with Crippen molar-refractivity contribution in [3.8, 4) is 0 Å². The fraction of sp³-hybridized carbons (Fsp3) is 0.176. The van der Waals surface area contributed by atoms with E-state index in [-0.39, 0.29) is 18.8 Å². The topological polar surface area (TPSA) is 41.2 Å². The summed E-state index contributed by atoms with van der Waals surface area (Å²) in [7, 11) is 0. The minimum absolute atomic E-state index is 0. The van der Waals surface area contributed by atoms with E-state index in [9.17, 15) is 4.79 Å². The van der Waals surface area contributed by atoms with Crippen LogP contribution in [0.25, 0.3) is 12.2 Å². The van der Waals surface area contributed by atoms with Gasteiger partial charge in [-0.15, -0.1) is 0 Å². The minimum atomic E-state index is -0.777. The van der Waals surface area contributed by atoms with Crippen LogP contribution in [0.2, 0.25) is 0 Å². The van der Waals surface area contributed by atoms with Gasteiger partial charge in [-0.25, -0.2) is 4.57 Å². The Morgan fingerprint density at radius 2 is 1.57 bits per heavy atom. The van der Waals surface area contributed by atoms with Crippen LogP contribution >= 0.6 is 0 Å². The predicted octanol–water partition coefficient (Wildman–Crippen LogP) is -0.0684. The number of aromatic nitrogens is 1. The van der Waals surface area contributed by atoms with Gasteiger partial charge >= 0.3 is 5.97 Å². The maximum atomic E-state index is 10.5. The molecule has 0 aliphatic heterocycles. The molecule has 0 fully saturated rings. The van der Waals surface area contributed by atoms with Gasteiger partial charge in [-0.2, -0.15) is 0 Å².